The zero-order valence-corrected chi connectivity index (χ0v) is 11.0. The molecule has 0 fully saturated rings. The summed E-state index contributed by atoms with van der Waals surface area (Å²) in [6.07, 6.45) is 2.00. The average molecular weight is 244 g/mol. The monoisotopic (exact) mass is 244 g/mol. The molecule has 2 aromatic rings. The standard InChI is InChI=1S/C14H16N2S/c1-3-5-13-15-12(9-14(17)16-13)11-7-4-6-10(2)8-11/h4,6-9H,3,5H2,1-2H3,(H,15,16,17). The molecule has 0 radical (unpaired) electrons. The van der Waals surface area contributed by atoms with Gasteiger partial charge in [0, 0.05) is 12.1 Å². The number of benzene rings is 1. The molecule has 1 aromatic carbocycles. The number of H-pyrrole nitrogens is 1. The number of nitrogens with one attached hydrogen (secondary N) is 1. The molecule has 0 aliphatic heterocycles. The van der Waals surface area contributed by atoms with E-state index in [1.807, 2.05) is 6.07 Å². The van der Waals surface area contributed by atoms with Crippen molar-refractivity contribution in [2.24, 2.45) is 0 Å². The van der Waals surface area contributed by atoms with Crippen LogP contribution in [0.4, 0.5) is 0 Å². The Labute approximate surface area is 107 Å². The molecule has 17 heavy (non-hydrogen) atoms. The van der Waals surface area contributed by atoms with Crippen LogP contribution in [0.1, 0.15) is 24.7 Å². The summed E-state index contributed by atoms with van der Waals surface area (Å²) < 4.78 is 0.656. The van der Waals surface area contributed by atoms with Crippen LogP contribution in [-0.2, 0) is 6.42 Å². The Balaban J connectivity index is 2.48. The summed E-state index contributed by atoms with van der Waals surface area (Å²) in [6.45, 7) is 4.23. The van der Waals surface area contributed by atoms with Gasteiger partial charge in [0.25, 0.3) is 0 Å². The quantitative estimate of drug-likeness (QED) is 0.825. The van der Waals surface area contributed by atoms with E-state index < -0.39 is 0 Å². The molecule has 3 heteroatoms. The summed E-state index contributed by atoms with van der Waals surface area (Å²) in [6, 6.07) is 10.3. The molecular formula is C14H16N2S. The highest BCUT2D eigenvalue weighted by Crippen LogP contribution is 2.18. The Kier molecular flexibility index (Phi) is 3.69. The summed E-state index contributed by atoms with van der Waals surface area (Å²) in [7, 11) is 0. The highest BCUT2D eigenvalue weighted by Gasteiger charge is 2.01. The van der Waals surface area contributed by atoms with E-state index in [0.717, 1.165) is 29.9 Å². The lowest BCUT2D eigenvalue weighted by molar-refractivity contribution is 0.833. The molecule has 0 unspecified atom stereocenters. The van der Waals surface area contributed by atoms with Gasteiger partial charge in [0.1, 0.15) is 10.5 Å². The van der Waals surface area contributed by atoms with Crippen molar-refractivity contribution in [2.45, 2.75) is 26.7 Å². The second-order valence-electron chi connectivity index (χ2n) is 4.20. The number of aromatic amines is 1. The van der Waals surface area contributed by atoms with Crippen molar-refractivity contribution in [3.05, 3.63) is 46.4 Å². The van der Waals surface area contributed by atoms with Gasteiger partial charge in [0.15, 0.2) is 0 Å². The molecule has 1 aromatic heterocycles. The summed E-state index contributed by atoms with van der Waals surface area (Å²) >= 11 is 5.20. The molecule has 2 rings (SSSR count). The lowest BCUT2D eigenvalue weighted by Crippen LogP contribution is -1.96. The first-order valence-corrected chi connectivity index (χ1v) is 6.27. The van der Waals surface area contributed by atoms with Crippen LogP contribution in [-0.4, -0.2) is 9.97 Å². The van der Waals surface area contributed by atoms with E-state index in [1.165, 1.54) is 5.56 Å². The zero-order chi connectivity index (χ0) is 12.3. The minimum Gasteiger partial charge on any atom is -0.343 e. The number of nitrogens with zero attached hydrogens (tertiary/aromatic N) is 1. The van der Waals surface area contributed by atoms with Crippen molar-refractivity contribution in [1.82, 2.24) is 9.97 Å². The Hall–Kier alpha value is -1.48. The summed E-state index contributed by atoms with van der Waals surface area (Å²) in [5, 5.41) is 0. The second kappa shape index (κ2) is 5.23. The molecule has 88 valence electrons. The van der Waals surface area contributed by atoms with Crippen LogP contribution in [0.15, 0.2) is 30.3 Å². The van der Waals surface area contributed by atoms with Crippen LogP contribution < -0.4 is 0 Å². The normalized spacial score (nSPS) is 10.5. The van der Waals surface area contributed by atoms with Crippen LogP contribution >= 0.6 is 12.2 Å². The van der Waals surface area contributed by atoms with Gasteiger partial charge in [-0.05, 0) is 31.0 Å². The van der Waals surface area contributed by atoms with Crippen molar-refractivity contribution in [3.63, 3.8) is 0 Å². The topological polar surface area (TPSA) is 28.7 Å². The van der Waals surface area contributed by atoms with Gasteiger partial charge in [0.05, 0.1) is 0 Å². The third-order valence-corrected chi connectivity index (χ3v) is 2.82. The maximum Gasteiger partial charge on any atom is 0.130 e. The van der Waals surface area contributed by atoms with Gasteiger partial charge in [-0.15, -0.1) is 0 Å². The fraction of sp³-hybridized carbons (Fsp3) is 0.286. The van der Waals surface area contributed by atoms with Gasteiger partial charge in [-0.2, -0.15) is 0 Å². The molecule has 0 saturated carbocycles. The molecule has 1 heterocycles. The fourth-order valence-corrected chi connectivity index (χ4v) is 2.06. The first-order chi connectivity index (χ1) is 8.19. The van der Waals surface area contributed by atoms with Crippen molar-refractivity contribution in [3.8, 4) is 11.3 Å². The molecular weight excluding hydrogens is 228 g/mol. The average Bonchev–Trinajstić information content (AvgIpc) is 2.28. The molecule has 0 bridgehead atoms. The van der Waals surface area contributed by atoms with Gasteiger partial charge in [-0.25, -0.2) is 4.98 Å². The van der Waals surface area contributed by atoms with E-state index in [0.29, 0.717) is 4.64 Å². The van der Waals surface area contributed by atoms with Crippen molar-refractivity contribution in [2.75, 3.05) is 0 Å². The SMILES string of the molecule is CCCc1nc(=S)cc(-c2cccc(C)c2)[nH]1. The first kappa shape index (κ1) is 12.0. The predicted molar refractivity (Wildman–Crippen MR) is 73.6 cm³/mol. The summed E-state index contributed by atoms with van der Waals surface area (Å²) in [4.78, 5) is 7.68. The van der Waals surface area contributed by atoms with Crippen molar-refractivity contribution >= 4 is 12.2 Å². The minimum atomic E-state index is 0.656. The lowest BCUT2D eigenvalue weighted by atomic mass is 10.1. The van der Waals surface area contributed by atoms with E-state index in [2.05, 4.69) is 48.1 Å². The maximum absolute atomic E-state index is 5.20. The third kappa shape index (κ3) is 3.01. The van der Waals surface area contributed by atoms with Crippen molar-refractivity contribution in [1.29, 1.82) is 0 Å². The number of hydrogen-bond acceptors (Lipinski definition) is 2. The largest absolute Gasteiger partial charge is 0.343 e. The Morgan fingerprint density at radius 1 is 1.29 bits per heavy atom. The molecule has 0 amide bonds. The predicted octanol–water partition coefficient (Wildman–Crippen LogP) is 4.07. The molecule has 0 spiro atoms. The van der Waals surface area contributed by atoms with Gasteiger partial charge >= 0.3 is 0 Å². The summed E-state index contributed by atoms with van der Waals surface area (Å²) in [5.74, 6) is 0.969. The first-order valence-electron chi connectivity index (χ1n) is 5.86. The third-order valence-electron chi connectivity index (χ3n) is 2.61. The molecule has 0 atom stereocenters. The number of hydrogen-bond donors (Lipinski definition) is 1. The van der Waals surface area contributed by atoms with Gasteiger partial charge in [-0.1, -0.05) is 42.9 Å². The highest BCUT2D eigenvalue weighted by molar-refractivity contribution is 7.71. The smallest absolute Gasteiger partial charge is 0.130 e. The minimum absolute atomic E-state index is 0.656. The van der Waals surface area contributed by atoms with Gasteiger partial charge in [-0.3, -0.25) is 0 Å². The van der Waals surface area contributed by atoms with Crippen LogP contribution in [0.5, 0.6) is 0 Å². The van der Waals surface area contributed by atoms with E-state index >= 15 is 0 Å². The number of rotatable bonds is 3. The van der Waals surface area contributed by atoms with E-state index in [4.69, 9.17) is 12.2 Å². The lowest BCUT2D eigenvalue weighted by Gasteiger charge is -2.06. The summed E-state index contributed by atoms with van der Waals surface area (Å²) in [5.41, 5.74) is 3.46. The maximum atomic E-state index is 5.20. The van der Waals surface area contributed by atoms with Crippen LogP contribution in [0.2, 0.25) is 0 Å². The second-order valence-corrected chi connectivity index (χ2v) is 4.62. The fourth-order valence-electron chi connectivity index (χ4n) is 1.83. The number of aromatic nitrogens is 2. The molecule has 0 saturated heterocycles. The zero-order valence-electron chi connectivity index (χ0n) is 10.2. The van der Waals surface area contributed by atoms with Crippen molar-refractivity contribution < 1.29 is 0 Å². The molecule has 0 aliphatic carbocycles. The van der Waals surface area contributed by atoms with E-state index in [1.54, 1.807) is 0 Å². The van der Waals surface area contributed by atoms with E-state index in [-0.39, 0.29) is 0 Å². The Bertz CT molecular complexity index is 572. The Morgan fingerprint density at radius 2 is 2.12 bits per heavy atom. The Morgan fingerprint density at radius 3 is 2.82 bits per heavy atom. The van der Waals surface area contributed by atoms with Gasteiger partial charge in [0.2, 0.25) is 0 Å². The molecule has 0 aliphatic rings. The van der Waals surface area contributed by atoms with E-state index in [9.17, 15) is 0 Å². The number of aryl methyl sites for hydroxylation is 2. The molecule has 1 N–H and O–H groups in total. The van der Waals surface area contributed by atoms with Crippen LogP contribution in [0.25, 0.3) is 11.3 Å². The van der Waals surface area contributed by atoms with Gasteiger partial charge < -0.3 is 4.98 Å². The highest BCUT2D eigenvalue weighted by atomic mass is 32.1. The van der Waals surface area contributed by atoms with Crippen LogP contribution in [0.3, 0.4) is 0 Å². The van der Waals surface area contributed by atoms with Crippen LogP contribution in [0, 0.1) is 11.6 Å². The molecule has 2 nitrogen and oxygen atoms in total.